The Hall–Kier alpha value is -2.78. The molecule has 1 saturated heterocycles. The van der Waals surface area contributed by atoms with Crippen molar-refractivity contribution in [3.8, 4) is 5.75 Å². The van der Waals surface area contributed by atoms with E-state index in [1.165, 1.54) is 0 Å². The van der Waals surface area contributed by atoms with E-state index in [0.717, 1.165) is 21.9 Å². The summed E-state index contributed by atoms with van der Waals surface area (Å²) in [4.78, 5) is 40.4. The predicted molar refractivity (Wildman–Crippen MR) is 153 cm³/mol. The molecule has 0 saturated carbocycles. The zero-order chi connectivity index (χ0) is 29.0. The first-order valence-corrected chi connectivity index (χ1v) is 13.9. The molecule has 0 N–H and O–H groups in total. The second-order valence-electron chi connectivity index (χ2n) is 11.7. The van der Waals surface area contributed by atoms with E-state index in [1.807, 2.05) is 53.7 Å². The van der Waals surface area contributed by atoms with Gasteiger partial charge in [0.2, 0.25) is 0 Å². The molecule has 8 nitrogen and oxygen atoms in total. The van der Waals surface area contributed by atoms with Crippen LogP contribution < -0.4 is 4.74 Å². The number of carbonyl (C=O) groups excluding carboxylic acids is 3. The lowest BCUT2D eigenvalue weighted by molar-refractivity contribution is -0.0123. The first-order chi connectivity index (χ1) is 18.1. The molecule has 1 fully saturated rings. The standard InChI is InChI=1S/C29H36BrClN2O6/c1-28(2,3)38-26(35)32(14-21-15-33(16-21)27(36)39-29(4,5)6)13-19-9-20(17-34)11-24(10-19)37-18-22-7-8-23(31)12-25(22)30/h7-12,17,21H,13-16,18H2,1-6H3. The molecule has 0 unspecified atom stereocenters. The van der Waals surface area contributed by atoms with Crippen LogP contribution in [0.25, 0.3) is 0 Å². The van der Waals surface area contributed by atoms with Crippen LogP contribution in [0.4, 0.5) is 9.59 Å². The average molecular weight is 624 g/mol. The van der Waals surface area contributed by atoms with Crippen LogP contribution in [-0.4, -0.2) is 59.1 Å². The topological polar surface area (TPSA) is 85.4 Å². The van der Waals surface area contributed by atoms with Gasteiger partial charge in [-0.15, -0.1) is 0 Å². The van der Waals surface area contributed by atoms with Crippen molar-refractivity contribution < 1.29 is 28.6 Å². The molecule has 0 atom stereocenters. The Morgan fingerprint density at radius 3 is 2.31 bits per heavy atom. The fourth-order valence-electron chi connectivity index (χ4n) is 3.95. The largest absolute Gasteiger partial charge is 0.489 e. The summed E-state index contributed by atoms with van der Waals surface area (Å²) in [6.07, 6.45) is -0.0885. The Bertz CT molecular complexity index is 1200. The van der Waals surface area contributed by atoms with E-state index < -0.39 is 17.3 Å². The average Bonchev–Trinajstić information content (AvgIpc) is 2.77. The van der Waals surface area contributed by atoms with Gasteiger partial charge in [-0.3, -0.25) is 4.79 Å². The van der Waals surface area contributed by atoms with Crippen LogP contribution in [0.5, 0.6) is 5.75 Å². The van der Waals surface area contributed by atoms with Crippen LogP contribution in [-0.2, 0) is 22.6 Å². The van der Waals surface area contributed by atoms with Crippen molar-refractivity contribution in [1.82, 2.24) is 9.80 Å². The summed E-state index contributed by atoms with van der Waals surface area (Å²) < 4.78 is 17.9. The third-order valence-electron chi connectivity index (χ3n) is 5.65. The van der Waals surface area contributed by atoms with Crippen LogP contribution >= 0.6 is 27.5 Å². The molecule has 3 rings (SSSR count). The van der Waals surface area contributed by atoms with Gasteiger partial charge < -0.3 is 24.0 Å². The lowest BCUT2D eigenvalue weighted by Gasteiger charge is -2.42. The first-order valence-electron chi connectivity index (χ1n) is 12.7. The quantitative estimate of drug-likeness (QED) is 0.292. The van der Waals surface area contributed by atoms with Gasteiger partial charge in [0.15, 0.2) is 0 Å². The summed E-state index contributed by atoms with van der Waals surface area (Å²) in [7, 11) is 0. The predicted octanol–water partition coefficient (Wildman–Crippen LogP) is 7.10. The van der Waals surface area contributed by atoms with Gasteiger partial charge >= 0.3 is 12.2 Å². The Morgan fingerprint density at radius 2 is 1.72 bits per heavy atom. The van der Waals surface area contributed by atoms with Gasteiger partial charge in [0.1, 0.15) is 29.8 Å². The van der Waals surface area contributed by atoms with E-state index >= 15 is 0 Å². The lowest BCUT2D eigenvalue weighted by Crippen LogP contribution is -2.55. The van der Waals surface area contributed by atoms with E-state index in [4.69, 9.17) is 25.8 Å². The molecule has 1 heterocycles. The summed E-state index contributed by atoms with van der Waals surface area (Å²) in [5.74, 6) is 0.567. The number of amides is 2. The van der Waals surface area contributed by atoms with E-state index in [-0.39, 0.29) is 25.2 Å². The molecule has 1 aliphatic heterocycles. The normalized spacial score (nSPS) is 13.9. The zero-order valence-electron chi connectivity index (χ0n) is 23.3. The fourth-order valence-corrected chi connectivity index (χ4v) is 4.75. The number of likely N-dealkylation sites (tertiary alicyclic amines) is 1. The maximum atomic E-state index is 13.1. The summed E-state index contributed by atoms with van der Waals surface area (Å²) in [5.41, 5.74) is 0.799. The maximum Gasteiger partial charge on any atom is 0.410 e. The maximum absolute atomic E-state index is 13.1. The number of halogens is 2. The minimum atomic E-state index is -0.678. The minimum Gasteiger partial charge on any atom is -0.489 e. The van der Waals surface area contributed by atoms with Crippen molar-refractivity contribution in [2.75, 3.05) is 19.6 Å². The molecule has 2 aromatic rings. The van der Waals surface area contributed by atoms with Gasteiger partial charge in [-0.2, -0.15) is 0 Å². The van der Waals surface area contributed by atoms with Crippen LogP contribution in [0.15, 0.2) is 40.9 Å². The summed E-state index contributed by atoms with van der Waals surface area (Å²) in [5, 5.41) is 0.610. The van der Waals surface area contributed by atoms with Crippen molar-refractivity contribution >= 4 is 46.0 Å². The van der Waals surface area contributed by atoms with Gasteiger partial charge in [-0.25, -0.2) is 9.59 Å². The monoisotopic (exact) mass is 622 g/mol. The Kier molecular flexibility index (Phi) is 9.93. The fraction of sp³-hybridized carbons (Fsp3) is 0.483. The highest BCUT2D eigenvalue weighted by atomic mass is 79.9. The highest BCUT2D eigenvalue weighted by Gasteiger charge is 2.36. The molecule has 39 heavy (non-hydrogen) atoms. The summed E-state index contributed by atoms with van der Waals surface area (Å²) in [6.45, 7) is 12.7. The highest BCUT2D eigenvalue weighted by molar-refractivity contribution is 9.10. The molecule has 0 bridgehead atoms. The molecule has 2 amide bonds. The number of nitrogens with zero attached hydrogens (tertiary/aromatic N) is 2. The number of rotatable bonds is 8. The molecule has 0 aliphatic carbocycles. The van der Waals surface area contributed by atoms with Gasteiger partial charge in [0.05, 0.1) is 0 Å². The molecule has 0 aromatic heterocycles. The Labute approximate surface area is 243 Å². The van der Waals surface area contributed by atoms with Gasteiger partial charge in [-0.05, 0) is 77.4 Å². The lowest BCUT2D eigenvalue weighted by atomic mass is 10.00. The molecule has 10 heteroatoms. The third kappa shape index (κ3) is 9.72. The van der Waals surface area contributed by atoms with E-state index in [0.29, 0.717) is 36.0 Å². The van der Waals surface area contributed by atoms with Crippen LogP contribution in [0.3, 0.4) is 0 Å². The molecule has 212 valence electrons. The number of benzene rings is 2. The van der Waals surface area contributed by atoms with Crippen LogP contribution in [0.1, 0.15) is 63.0 Å². The molecule has 1 aliphatic rings. The number of ether oxygens (including phenoxy) is 3. The second-order valence-corrected chi connectivity index (χ2v) is 13.0. The first kappa shape index (κ1) is 30.8. The summed E-state index contributed by atoms with van der Waals surface area (Å²) >= 11 is 9.52. The van der Waals surface area contributed by atoms with Gasteiger partial charge in [0, 0.05) is 52.7 Å². The van der Waals surface area contributed by atoms with Crippen molar-refractivity contribution in [3.63, 3.8) is 0 Å². The number of aldehydes is 1. The highest BCUT2D eigenvalue weighted by Crippen LogP contribution is 2.26. The smallest absolute Gasteiger partial charge is 0.410 e. The van der Waals surface area contributed by atoms with Crippen molar-refractivity contribution in [2.24, 2.45) is 5.92 Å². The van der Waals surface area contributed by atoms with E-state index in [2.05, 4.69) is 15.9 Å². The van der Waals surface area contributed by atoms with Crippen LogP contribution in [0.2, 0.25) is 5.02 Å². The van der Waals surface area contributed by atoms with Gasteiger partial charge in [0.25, 0.3) is 0 Å². The minimum absolute atomic E-state index is 0.0669. The third-order valence-corrected chi connectivity index (χ3v) is 6.62. The Morgan fingerprint density at radius 1 is 1.05 bits per heavy atom. The van der Waals surface area contributed by atoms with Crippen molar-refractivity contribution in [1.29, 1.82) is 0 Å². The summed E-state index contributed by atoms with van der Waals surface area (Å²) in [6, 6.07) is 10.6. The molecule has 0 radical (unpaired) electrons. The number of carbonyl (C=O) groups is 3. The molecular formula is C29H36BrClN2O6. The van der Waals surface area contributed by atoms with Crippen LogP contribution in [0, 0.1) is 5.92 Å². The SMILES string of the molecule is CC(C)(C)OC(=O)N(Cc1cc(C=O)cc(OCc2ccc(Cl)cc2Br)c1)CC1CN(C(=O)OC(C)(C)C)C1. The zero-order valence-corrected chi connectivity index (χ0v) is 25.6. The molecule has 0 spiro atoms. The second kappa shape index (κ2) is 12.6. The molecular weight excluding hydrogens is 588 g/mol. The number of hydrogen-bond donors (Lipinski definition) is 0. The number of hydrogen-bond acceptors (Lipinski definition) is 6. The van der Waals surface area contributed by atoms with Crippen molar-refractivity contribution in [3.05, 3.63) is 62.6 Å². The van der Waals surface area contributed by atoms with Gasteiger partial charge in [-0.1, -0.05) is 33.6 Å². The Balaban J connectivity index is 1.73. The molecule has 2 aromatic carbocycles. The van der Waals surface area contributed by atoms with Crippen molar-refractivity contribution in [2.45, 2.75) is 65.9 Å². The van der Waals surface area contributed by atoms with E-state index in [9.17, 15) is 14.4 Å². The van der Waals surface area contributed by atoms with E-state index in [1.54, 1.807) is 34.1 Å².